The molecule has 0 aromatic heterocycles. The van der Waals surface area contributed by atoms with Crippen molar-refractivity contribution < 1.29 is 4.74 Å². The summed E-state index contributed by atoms with van der Waals surface area (Å²) in [4.78, 5) is 2.38. The predicted molar refractivity (Wildman–Crippen MR) is 30.8 cm³/mol. The van der Waals surface area contributed by atoms with E-state index in [9.17, 15) is 0 Å². The van der Waals surface area contributed by atoms with Crippen LogP contribution in [-0.4, -0.2) is 37.2 Å². The van der Waals surface area contributed by atoms with Crippen molar-refractivity contribution in [3.63, 3.8) is 0 Å². The van der Waals surface area contributed by atoms with E-state index < -0.39 is 0 Å². The third kappa shape index (κ3) is 0.501. The average molecular weight is 113 g/mol. The number of likely N-dealkylation sites (N-methyl/N-ethyl adjacent to an activating group) is 1. The standard InChI is InChI=1S/C6H11NO/c1-7-3-6-2-5(7)4-8-6/h5-6H,2-4H2,1H3/t5-,6?/m1/s1. The van der Waals surface area contributed by atoms with Crippen molar-refractivity contribution in [1.82, 2.24) is 4.90 Å². The predicted octanol–water partition coefficient (Wildman–Crippen LogP) is 0.0893. The van der Waals surface area contributed by atoms with E-state index in [4.69, 9.17) is 4.74 Å². The van der Waals surface area contributed by atoms with Gasteiger partial charge in [-0.15, -0.1) is 0 Å². The van der Waals surface area contributed by atoms with Crippen molar-refractivity contribution in [2.45, 2.75) is 18.6 Å². The molecule has 0 amide bonds. The summed E-state index contributed by atoms with van der Waals surface area (Å²) in [6.45, 7) is 2.13. The first-order valence-electron chi connectivity index (χ1n) is 3.18. The molecule has 0 spiro atoms. The zero-order valence-corrected chi connectivity index (χ0v) is 5.13. The van der Waals surface area contributed by atoms with Crippen LogP contribution in [0.2, 0.25) is 0 Å². The van der Waals surface area contributed by atoms with Gasteiger partial charge >= 0.3 is 0 Å². The highest BCUT2D eigenvalue weighted by Crippen LogP contribution is 2.25. The molecule has 2 aliphatic heterocycles. The summed E-state index contributed by atoms with van der Waals surface area (Å²) < 4.78 is 5.38. The molecular formula is C6H11NO. The first-order valence-corrected chi connectivity index (χ1v) is 3.18. The van der Waals surface area contributed by atoms with E-state index >= 15 is 0 Å². The van der Waals surface area contributed by atoms with Gasteiger partial charge in [0.1, 0.15) is 0 Å². The van der Waals surface area contributed by atoms with Gasteiger partial charge in [-0.25, -0.2) is 0 Å². The molecule has 0 aromatic rings. The molecule has 2 nitrogen and oxygen atoms in total. The molecule has 2 saturated heterocycles. The fourth-order valence-electron chi connectivity index (χ4n) is 1.59. The molecule has 2 bridgehead atoms. The van der Waals surface area contributed by atoms with E-state index in [0.717, 1.165) is 19.2 Å². The molecule has 1 unspecified atom stereocenters. The van der Waals surface area contributed by atoms with Crippen LogP contribution in [0.5, 0.6) is 0 Å². The van der Waals surface area contributed by atoms with Gasteiger partial charge in [-0.1, -0.05) is 0 Å². The van der Waals surface area contributed by atoms with Gasteiger partial charge in [0.15, 0.2) is 0 Å². The lowest BCUT2D eigenvalue weighted by Crippen LogP contribution is -2.33. The highest BCUT2D eigenvalue weighted by atomic mass is 16.5. The van der Waals surface area contributed by atoms with E-state index in [2.05, 4.69) is 11.9 Å². The first kappa shape index (κ1) is 4.77. The molecule has 2 atom stereocenters. The smallest absolute Gasteiger partial charge is 0.0718 e. The summed E-state index contributed by atoms with van der Waals surface area (Å²) in [5.41, 5.74) is 0. The molecule has 0 aromatic carbocycles. The fourth-order valence-corrected chi connectivity index (χ4v) is 1.59. The minimum absolute atomic E-state index is 0.574. The lowest BCUT2D eigenvalue weighted by Gasteiger charge is -2.21. The van der Waals surface area contributed by atoms with Crippen LogP contribution in [0.4, 0.5) is 0 Å². The van der Waals surface area contributed by atoms with Crippen molar-refractivity contribution in [2.24, 2.45) is 0 Å². The minimum atomic E-state index is 0.574. The quantitative estimate of drug-likeness (QED) is 0.441. The van der Waals surface area contributed by atoms with E-state index in [1.165, 1.54) is 6.42 Å². The van der Waals surface area contributed by atoms with Crippen LogP contribution < -0.4 is 0 Å². The molecule has 0 radical (unpaired) electrons. The molecule has 0 saturated carbocycles. The lowest BCUT2D eigenvalue weighted by atomic mass is 10.2. The van der Waals surface area contributed by atoms with Gasteiger partial charge in [0.2, 0.25) is 0 Å². The van der Waals surface area contributed by atoms with Crippen LogP contribution in [0, 0.1) is 0 Å². The Kier molecular flexibility index (Phi) is 0.866. The van der Waals surface area contributed by atoms with Crippen LogP contribution in [0.25, 0.3) is 0 Å². The third-order valence-electron chi connectivity index (χ3n) is 2.17. The van der Waals surface area contributed by atoms with Crippen molar-refractivity contribution in [3.8, 4) is 0 Å². The number of ether oxygens (including phenoxy) is 1. The van der Waals surface area contributed by atoms with E-state index in [1.807, 2.05) is 0 Å². The second-order valence-electron chi connectivity index (χ2n) is 2.78. The van der Waals surface area contributed by atoms with Gasteiger partial charge < -0.3 is 4.74 Å². The van der Waals surface area contributed by atoms with Gasteiger partial charge in [0.25, 0.3) is 0 Å². The Hall–Kier alpha value is -0.0800. The van der Waals surface area contributed by atoms with Crippen LogP contribution in [0.3, 0.4) is 0 Å². The van der Waals surface area contributed by atoms with Crippen LogP contribution in [0.1, 0.15) is 6.42 Å². The summed E-state index contributed by atoms with van der Waals surface area (Å²) >= 11 is 0. The Balaban J connectivity index is 2.11. The molecule has 2 rings (SSSR count). The number of rotatable bonds is 0. The average Bonchev–Trinajstić information content (AvgIpc) is 2.23. The Morgan fingerprint density at radius 2 is 2.50 bits per heavy atom. The van der Waals surface area contributed by atoms with Gasteiger partial charge in [0.05, 0.1) is 12.7 Å². The Morgan fingerprint density at radius 1 is 1.62 bits per heavy atom. The molecule has 2 fully saturated rings. The number of morpholine rings is 1. The van der Waals surface area contributed by atoms with Crippen LogP contribution >= 0.6 is 0 Å². The molecular weight excluding hydrogens is 102 g/mol. The highest BCUT2D eigenvalue weighted by molar-refractivity contribution is 4.89. The molecule has 2 heteroatoms. The maximum atomic E-state index is 5.38. The number of nitrogens with zero attached hydrogens (tertiary/aromatic N) is 1. The second-order valence-corrected chi connectivity index (χ2v) is 2.78. The monoisotopic (exact) mass is 113 g/mol. The minimum Gasteiger partial charge on any atom is -0.375 e. The first-order chi connectivity index (χ1) is 3.86. The zero-order valence-electron chi connectivity index (χ0n) is 5.13. The van der Waals surface area contributed by atoms with Crippen molar-refractivity contribution in [1.29, 1.82) is 0 Å². The number of fused-ring (bicyclic) bond motifs is 2. The molecule has 0 N–H and O–H groups in total. The summed E-state index contributed by atoms with van der Waals surface area (Å²) in [5.74, 6) is 0. The van der Waals surface area contributed by atoms with Crippen molar-refractivity contribution in [2.75, 3.05) is 20.2 Å². The molecule has 2 aliphatic rings. The maximum Gasteiger partial charge on any atom is 0.0718 e. The maximum absolute atomic E-state index is 5.38. The van der Waals surface area contributed by atoms with Gasteiger partial charge in [-0.3, -0.25) is 4.90 Å². The normalized spacial score (nSPS) is 46.1. The molecule has 8 heavy (non-hydrogen) atoms. The molecule has 2 heterocycles. The van der Waals surface area contributed by atoms with Crippen molar-refractivity contribution >= 4 is 0 Å². The third-order valence-corrected chi connectivity index (χ3v) is 2.17. The summed E-state index contributed by atoms with van der Waals surface area (Å²) in [7, 11) is 2.17. The van der Waals surface area contributed by atoms with Gasteiger partial charge in [-0.2, -0.15) is 0 Å². The van der Waals surface area contributed by atoms with Crippen LogP contribution in [0.15, 0.2) is 0 Å². The van der Waals surface area contributed by atoms with Crippen molar-refractivity contribution in [3.05, 3.63) is 0 Å². The Morgan fingerprint density at radius 3 is 2.75 bits per heavy atom. The lowest BCUT2D eigenvalue weighted by molar-refractivity contribution is 0.0416. The Bertz CT molecular complexity index is 103. The van der Waals surface area contributed by atoms with E-state index in [-0.39, 0.29) is 0 Å². The number of hydrogen-bond acceptors (Lipinski definition) is 2. The largest absolute Gasteiger partial charge is 0.375 e. The van der Waals surface area contributed by atoms with Crippen LogP contribution in [-0.2, 0) is 4.74 Å². The topological polar surface area (TPSA) is 12.5 Å². The summed E-state index contributed by atoms with van der Waals surface area (Å²) in [6, 6.07) is 0.750. The highest BCUT2D eigenvalue weighted by Gasteiger charge is 2.36. The SMILES string of the molecule is CN1CC2C[C@@H]1CO2. The molecule has 46 valence electrons. The summed E-state index contributed by atoms with van der Waals surface area (Å²) in [6.07, 6.45) is 1.85. The van der Waals surface area contributed by atoms with E-state index in [1.54, 1.807) is 0 Å². The number of likely N-dealkylation sites (tertiary alicyclic amines) is 1. The molecule has 0 aliphatic carbocycles. The Labute approximate surface area is 49.4 Å². The summed E-state index contributed by atoms with van der Waals surface area (Å²) in [5, 5.41) is 0. The van der Waals surface area contributed by atoms with Gasteiger partial charge in [-0.05, 0) is 13.5 Å². The van der Waals surface area contributed by atoms with E-state index in [0.29, 0.717) is 6.10 Å². The zero-order chi connectivity index (χ0) is 5.56. The second kappa shape index (κ2) is 1.45. The fraction of sp³-hybridized carbons (Fsp3) is 1.00. The number of hydrogen-bond donors (Lipinski definition) is 0. The van der Waals surface area contributed by atoms with Gasteiger partial charge in [0, 0.05) is 12.6 Å².